The lowest BCUT2D eigenvalue weighted by Crippen LogP contribution is -2.39. The van der Waals surface area contributed by atoms with E-state index in [-0.39, 0.29) is 47.4 Å². The highest BCUT2D eigenvalue weighted by atomic mass is 19.4. The second-order valence-electron chi connectivity index (χ2n) is 9.67. The van der Waals surface area contributed by atoms with Crippen molar-refractivity contribution >= 4 is 23.4 Å². The second kappa shape index (κ2) is 9.75. The van der Waals surface area contributed by atoms with Gasteiger partial charge >= 0.3 is 6.18 Å². The van der Waals surface area contributed by atoms with Crippen molar-refractivity contribution < 1.29 is 32.3 Å². The third-order valence-corrected chi connectivity index (χ3v) is 6.71. The first kappa shape index (κ1) is 26.3. The van der Waals surface area contributed by atoms with Crippen LogP contribution < -0.4 is 15.0 Å². The smallest absolute Gasteiger partial charge is 0.435 e. The van der Waals surface area contributed by atoms with Gasteiger partial charge in [-0.1, -0.05) is 0 Å². The van der Waals surface area contributed by atoms with Gasteiger partial charge in [0.1, 0.15) is 11.4 Å². The van der Waals surface area contributed by atoms with Crippen LogP contribution in [0.5, 0.6) is 5.75 Å². The normalized spacial score (nSPS) is 15.1. The number of alkyl halides is 3. The molecule has 3 amide bonds. The molecule has 1 aliphatic heterocycles. The minimum atomic E-state index is -4.81. The number of benzene rings is 2. The Morgan fingerprint density at radius 1 is 1.10 bits per heavy atom. The van der Waals surface area contributed by atoms with Gasteiger partial charge in [0.15, 0.2) is 5.69 Å². The zero-order valence-corrected chi connectivity index (χ0v) is 21.5. The van der Waals surface area contributed by atoms with Gasteiger partial charge in [-0.15, -0.1) is 0 Å². The molecular weight excluding hydrogens is 515 g/mol. The Kier molecular flexibility index (Phi) is 6.57. The second-order valence-corrected chi connectivity index (χ2v) is 9.67. The van der Waals surface area contributed by atoms with Crippen molar-refractivity contribution in [1.29, 1.82) is 0 Å². The fraction of sp³-hybridized carbons (Fsp3) is 0.333. The van der Waals surface area contributed by atoms with Crippen molar-refractivity contribution in [2.45, 2.75) is 31.5 Å². The maximum Gasteiger partial charge on any atom is 0.435 e. The van der Waals surface area contributed by atoms with Crippen molar-refractivity contribution in [2.24, 2.45) is 0 Å². The van der Waals surface area contributed by atoms with Crippen LogP contribution in [-0.4, -0.2) is 66.2 Å². The highest BCUT2D eigenvalue weighted by Crippen LogP contribution is 2.38. The van der Waals surface area contributed by atoms with Gasteiger partial charge in [-0.25, -0.2) is 4.68 Å². The van der Waals surface area contributed by atoms with E-state index in [2.05, 4.69) is 10.4 Å². The van der Waals surface area contributed by atoms with Gasteiger partial charge < -0.3 is 19.9 Å². The van der Waals surface area contributed by atoms with E-state index in [0.29, 0.717) is 17.0 Å². The third kappa shape index (κ3) is 4.93. The van der Waals surface area contributed by atoms with Crippen molar-refractivity contribution in [3.05, 3.63) is 70.5 Å². The predicted molar refractivity (Wildman–Crippen MR) is 135 cm³/mol. The average molecular weight is 542 g/mol. The number of amides is 3. The number of anilines is 1. The van der Waals surface area contributed by atoms with E-state index in [4.69, 9.17) is 4.74 Å². The van der Waals surface area contributed by atoms with Gasteiger partial charge in [0.05, 0.1) is 18.4 Å². The summed E-state index contributed by atoms with van der Waals surface area (Å²) in [5.74, 6) is -1.09. The Morgan fingerprint density at radius 3 is 2.38 bits per heavy atom. The molecule has 5 rings (SSSR count). The number of carbonyl (C=O) groups is 3. The van der Waals surface area contributed by atoms with Gasteiger partial charge in [0.25, 0.3) is 17.7 Å². The maximum absolute atomic E-state index is 14.1. The number of aromatic nitrogens is 2. The summed E-state index contributed by atoms with van der Waals surface area (Å²) in [6.45, 7) is -0.0147. The number of halogens is 3. The number of rotatable bonds is 6. The molecule has 0 radical (unpaired) electrons. The molecule has 0 spiro atoms. The highest BCUT2D eigenvalue weighted by molar-refractivity contribution is 6.08. The molecule has 1 aliphatic carbocycles. The first-order valence-electron chi connectivity index (χ1n) is 12.3. The molecule has 2 aliphatic rings. The topological polar surface area (TPSA) is 96.8 Å². The van der Waals surface area contributed by atoms with Crippen LogP contribution in [0.2, 0.25) is 0 Å². The molecule has 1 fully saturated rings. The van der Waals surface area contributed by atoms with E-state index in [1.54, 1.807) is 38.4 Å². The van der Waals surface area contributed by atoms with Crippen molar-refractivity contribution in [3.8, 4) is 11.4 Å². The van der Waals surface area contributed by atoms with Crippen LogP contribution in [-0.2, 0) is 12.6 Å². The molecule has 1 N–H and O–H groups in total. The van der Waals surface area contributed by atoms with E-state index in [9.17, 15) is 27.6 Å². The van der Waals surface area contributed by atoms with Crippen LogP contribution in [0, 0.1) is 0 Å². The van der Waals surface area contributed by atoms with Crippen molar-refractivity contribution in [3.63, 3.8) is 0 Å². The minimum absolute atomic E-state index is 0.00621. The molecule has 3 aromatic rings. The van der Waals surface area contributed by atoms with E-state index in [1.807, 2.05) is 0 Å². The summed E-state index contributed by atoms with van der Waals surface area (Å²) in [5, 5.41) is 6.67. The Morgan fingerprint density at radius 2 is 1.79 bits per heavy atom. The molecule has 0 bridgehead atoms. The largest absolute Gasteiger partial charge is 0.497 e. The standard InChI is InChI=1S/C27H26F3N5O4/c1-33(2)25(37)15-4-8-17(9-5-15)34-13-12-19-22(26(34)38)35(32-23(19)27(28,29)30)21-11-10-18(39-3)14-20(21)24(36)31-16-6-7-16/h4-5,8-11,14,16H,6-7,12-13H2,1-3H3,(H,31,36). The first-order valence-corrected chi connectivity index (χ1v) is 12.3. The van der Waals surface area contributed by atoms with Crippen LogP contribution in [0.1, 0.15) is 55.3 Å². The number of methoxy groups -OCH3 is 1. The number of nitrogens with one attached hydrogen (secondary N) is 1. The van der Waals surface area contributed by atoms with Gasteiger partial charge in [0, 0.05) is 43.5 Å². The number of ether oxygens (including phenoxy) is 1. The molecule has 1 aromatic heterocycles. The third-order valence-electron chi connectivity index (χ3n) is 6.71. The number of hydrogen-bond donors (Lipinski definition) is 1. The summed E-state index contributed by atoms with van der Waals surface area (Å²) >= 11 is 0. The molecule has 2 heterocycles. The number of carbonyl (C=O) groups excluding carboxylic acids is 3. The number of hydrogen-bond acceptors (Lipinski definition) is 5. The van der Waals surface area contributed by atoms with Crippen molar-refractivity contribution in [1.82, 2.24) is 20.0 Å². The lowest BCUT2D eigenvalue weighted by Gasteiger charge is -2.28. The van der Waals surface area contributed by atoms with Crippen LogP contribution in [0.15, 0.2) is 42.5 Å². The van der Waals surface area contributed by atoms with E-state index >= 15 is 0 Å². The summed E-state index contributed by atoms with van der Waals surface area (Å²) in [6, 6.07) is 10.6. The van der Waals surface area contributed by atoms with Crippen LogP contribution >= 0.6 is 0 Å². The quantitative estimate of drug-likeness (QED) is 0.514. The average Bonchev–Trinajstić information content (AvgIpc) is 3.63. The minimum Gasteiger partial charge on any atom is -0.497 e. The van der Waals surface area contributed by atoms with E-state index in [0.717, 1.165) is 17.5 Å². The summed E-state index contributed by atoms with van der Waals surface area (Å²) in [7, 11) is 4.64. The highest BCUT2D eigenvalue weighted by Gasteiger charge is 2.44. The van der Waals surface area contributed by atoms with Crippen LogP contribution in [0.4, 0.5) is 18.9 Å². The Balaban J connectivity index is 1.61. The SMILES string of the molecule is COc1ccc(-n2nc(C(F)(F)F)c3c2C(=O)N(c2ccc(C(=O)N(C)C)cc2)CC3)c(C(=O)NC2CC2)c1. The molecule has 0 saturated heterocycles. The summed E-state index contributed by atoms with van der Waals surface area (Å²) < 4.78 is 48.3. The Bertz CT molecular complexity index is 1460. The lowest BCUT2D eigenvalue weighted by atomic mass is 10.0. The molecule has 0 unspecified atom stereocenters. The molecule has 39 heavy (non-hydrogen) atoms. The monoisotopic (exact) mass is 541 g/mol. The number of nitrogens with zero attached hydrogens (tertiary/aromatic N) is 4. The van der Waals surface area contributed by atoms with E-state index < -0.39 is 23.7 Å². The zero-order valence-electron chi connectivity index (χ0n) is 21.5. The van der Waals surface area contributed by atoms with Gasteiger partial charge in [0.2, 0.25) is 0 Å². The molecule has 204 valence electrons. The number of fused-ring (bicyclic) bond motifs is 1. The molecule has 9 nitrogen and oxygen atoms in total. The molecule has 1 saturated carbocycles. The lowest BCUT2D eigenvalue weighted by molar-refractivity contribution is -0.141. The van der Waals surface area contributed by atoms with Gasteiger partial charge in [-0.2, -0.15) is 18.3 Å². The summed E-state index contributed by atoms with van der Waals surface area (Å²) in [5.41, 5.74) is -0.770. The fourth-order valence-electron chi connectivity index (χ4n) is 4.55. The Hall–Kier alpha value is -4.35. The van der Waals surface area contributed by atoms with Gasteiger partial charge in [-0.05, 0) is 61.7 Å². The van der Waals surface area contributed by atoms with E-state index in [1.165, 1.54) is 35.1 Å². The molecule has 0 atom stereocenters. The molecular formula is C27H26F3N5O4. The van der Waals surface area contributed by atoms with Crippen molar-refractivity contribution in [2.75, 3.05) is 32.6 Å². The van der Waals surface area contributed by atoms with Gasteiger partial charge in [-0.3, -0.25) is 14.4 Å². The summed E-state index contributed by atoms with van der Waals surface area (Å²) in [6.07, 6.45) is -3.29. The van der Waals surface area contributed by atoms with Crippen LogP contribution in [0.3, 0.4) is 0 Å². The molecule has 2 aromatic carbocycles. The summed E-state index contributed by atoms with van der Waals surface area (Å²) in [4.78, 5) is 41.8. The maximum atomic E-state index is 14.1. The molecule has 12 heteroatoms. The zero-order chi connectivity index (χ0) is 28.1. The Labute approximate surface area is 222 Å². The van der Waals surface area contributed by atoms with Crippen LogP contribution in [0.25, 0.3) is 5.69 Å². The fourth-order valence-corrected chi connectivity index (χ4v) is 4.55. The first-order chi connectivity index (χ1) is 18.5. The predicted octanol–water partition coefficient (Wildman–Crippen LogP) is 3.70.